The standard InChI is InChI=1S/C16H13BrF2N2/c1-10-8-13(18)4-2-11(10)6-7-21-14-5-3-12(9-20)15(17)16(14)19/h2-5,8,21H,6-7H2,1H3. The van der Waals surface area contributed by atoms with Gasteiger partial charge in [0.2, 0.25) is 0 Å². The van der Waals surface area contributed by atoms with Gasteiger partial charge in [-0.05, 0) is 64.7 Å². The molecule has 2 rings (SSSR count). The fourth-order valence-corrected chi connectivity index (χ4v) is 2.48. The minimum Gasteiger partial charge on any atom is -0.382 e. The van der Waals surface area contributed by atoms with E-state index in [-0.39, 0.29) is 15.9 Å². The second-order valence-electron chi connectivity index (χ2n) is 4.65. The molecule has 0 saturated heterocycles. The zero-order valence-corrected chi connectivity index (χ0v) is 13.0. The Labute approximate surface area is 130 Å². The van der Waals surface area contributed by atoms with Crippen molar-refractivity contribution in [2.75, 3.05) is 11.9 Å². The van der Waals surface area contributed by atoms with Crippen molar-refractivity contribution in [2.45, 2.75) is 13.3 Å². The van der Waals surface area contributed by atoms with E-state index in [2.05, 4.69) is 21.2 Å². The number of nitrogens with one attached hydrogen (secondary N) is 1. The molecule has 21 heavy (non-hydrogen) atoms. The van der Waals surface area contributed by atoms with Gasteiger partial charge in [0.05, 0.1) is 15.7 Å². The van der Waals surface area contributed by atoms with Crippen molar-refractivity contribution in [1.29, 1.82) is 5.26 Å². The van der Waals surface area contributed by atoms with Crippen LogP contribution in [0.2, 0.25) is 0 Å². The summed E-state index contributed by atoms with van der Waals surface area (Å²) in [6, 6.07) is 9.63. The van der Waals surface area contributed by atoms with E-state index >= 15 is 0 Å². The summed E-state index contributed by atoms with van der Waals surface area (Å²) in [6.45, 7) is 2.36. The van der Waals surface area contributed by atoms with Gasteiger partial charge in [0.25, 0.3) is 0 Å². The minimum atomic E-state index is -0.482. The normalized spacial score (nSPS) is 10.2. The molecule has 0 spiro atoms. The van der Waals surface area contributed by atoms with Crippen LogP contribution in [-0.4, -0.2) is 6.54 Å². The molecular formula is C16H13BrF2N2. The van der Waals surface area contributed by atoms with E-state index in [0.717, 1.165) is 11.1 Å². The van der Waals surface area contributed by atoms with Crippen LogP contribution in [0.15, 0.2) is 34.8 Å². The predicted octanol–water partition coefficient (Wildman–Crippen LogP) is 4.56. The molecule has 0 saturated carbocycles. The number of hydrogen-bond acceptors (Lipinski definition) is 2. The number of aryl methyl sites for hydroxylation is 1. The Hall–Kier alpha value is -1.93. The second-order valence-corrected chi connectivity index (χ2v) is 5.44. The molecule has 2 aromatic rings. The Morgan fingerprint density at radius 3 is 2.67 bits per heavy atom. The summed E-state index contributed by atoms with van der Waals surface area (Å²) in [5.41, 5.74) is 2.48. The van der Waals surface area contributed by atoms with Crippen molar-refractivity contribution >= 4 is 21.6 Å². The van der Waals surface area contributed by atoms with Crippen molar-refractivity contribution in [3.8, 4) is 6.07 Å². The molecule has 1 N–H and O–H groups in total. The maximum atomic E-state index is 14.0. The number of nitrogens with zero attached hydrogens (tertiary/aromatic N) is 1. The molecule has 0 aliphatic rings. The van der Waals surface area contributed by atoms with Crippen LogP contribution in [0.3, 0.4) is 0 Å². The van der Waals surface area contributed by atoms with Crippen LogP contribution in [-0.2, 0) is 6.42 Å². The number of anilines is 1. The van der Waals surface area contributed by atoms with Gasteiger partial charge in [-0.3, -0.25) is 0 Å². The highest BCUT2D eigenvalue weighted by atomic mass is 79.9. The van der Waals surface area contributed by atoms with Crippen molar-refractivity contribution in [1.82, 2.24) is 0 Å². The fraction of sp³-hybridized carbons (Fsp3) is 0.188. The lowest BCUT2D eigenvalue weighted by atomic mass is 10.1. The molecule has 0 atom stereocenters. The summed E-state index contributed by atoms with van der Waals surface area (Å²) in [7, 11) is 0. The molecule has 0 radical (unpaired) electrons. The van der Waals surface area contributed by atoms with Gasteiger partial charge in [-0.25, -0.2) is 8.78 Å². The highest BCUT2D eigenvalue weighted by Gasteiger charge is 2.10. The van der Waals surface area contributed by atoms with E-state index in [1.54, 1.807) is 12.1 Å². The van der Waals surface area contributed by atoms with E-state index in [1.165, 1.54) is 18.2 Å². The summed E-state index contributed by atoms with van der Waals surface area (Å²) < 4.78 is 27.2. The molecule has 0 fully saturated rings. The molecular weight excluding hydrogens is 338 g/mol. The first-order valence-electron chi connectivity index (χ1n) is 6.40. The van der Waals surface area contributed by atoms with Crippen LogP contribution in [0.1, 0.15) is 16.7 Å². The largest absolute Gasteiger partial charge is 0.382 e. The number of rotatable bonds is 4. The van der Waals surface area contributed by atoms with Crippen LogP contribution in [0.4, 0.5) is 14.5 Å². The van der Waals surface area contributed by atoms with Gasteiger partial charge in [0.1, 0.15) is 11.9 Å². The Morgan fingerprint density at radius 1 is 1.24 bits per heavy atom. The topological polar surface area (TPSA) is 35.8 Å². The molecule has 0 amide bonds. The average Bonchev–Trinajstić information content (AvgIpc) is 2.46. The minimum absolute atomic E-state index is 0.160. The van der Waals surface area contributed by atoms with Gasteiger partial charge in [0, 0.05) is 6.54 Å². The maximum Gasteiger partial charge on any atom is 0.161 e. The first-order valence-corrected chi connectivity index (χ1v) is 7.19. The van der Waals surface area contributed by atoms with Crippen LogP contribution in [0, 0.1) is 29.9 Å². The van der Waals surface area contributed by atoms with Gasteiger partial charge < -0.3 is 5.32 Å². The predicted molar refractivity (Wildman–Crippen MR) is 82.1 cm³/mol. The van der Waals surface area contributed by atoms with E-state index < -0.39 is 5.82 Å². The van der Waals surface area contributed by atoms with E-state index in [0.29, 0.717) is 18.7 Å². The van der Waals surface area contributed by atoms with E-state index in [9.17, 15) is 8.78 Å². The van der Waals surface area contributed by atoms with Crippen molar-refractivity contribution < 1.29 is 8.78 Å². The lowest BCUT2D eigenvalue weighted by molar-refractivity contribution is 0.622. The van der Waals surface area contributed by atoms with Gasteiger partial charge >= 0.3 is 0 Å². The Morgan fingerprint density at radius 2 is 2.00 bits per heavy atom. The SMILES string of the molecule is Cc1cc(F)ccc1CCNc1ccc(C#N)c(Br)c1F. The van der Waals surface area contributed by atoms with Gasteiger partial charge in [0.15, 0.2) is 5.82 Å². The lowest BCUT2D eigenvalue weighted by Gasteiger charge is -2.10. The monoisotopic (exact) mass is 350 g/mol. The first kappa shape index (κ1) is 15.5. The quantitative estimate of drug-likeness (QED) is 0.877. The summed E-state index contributed by atoms with van der Waals surface area (Å²) in [6.07, 6.45) is 0.656. The third kappa shape index (κ3) is 3.59. The fourth-order valence-electron chi connectivity index (χ4n) is 2.04. The summed E-state index contributed by atoms with van der Waals surface area (Å²) in [5.74, 6) is -0.740. The van der Waals surface area contributed by atoms with Crippen LogP contribution in [0.25, 0.3) is 0 Å². The Balaban J connectivity index is 2.04. The summed E-state index contributed by atoms with van der Waals surface area (Å²) in [4.78, 5) is 0. The van der Waals surface area contributed by atoms with E-state index in [4.69, 9.17) is 5.26 Å². The highest BCUT2D eigenvalue weighted by Crippen LogP contribution is 2.26. The molecule has 0 aromatic heterocycles. The summed E-state index contributed by atoms with van der Waals surface area (Å²) >= 11 is 3.07. The van der Waals surface area contributed by atoms with Crippen LogP contribution >= 0.6 is 15.9 Å². The van der Waals surface area contributed by atoms with Crippen molar-refractivity contribution in [3.05, 3.63) is 63.1 Å². The smallest absolute Gasteiger partial charge is 0.161 e. The molecule has 2 nitrogen and oxygen atoms in total. The first-order chi connectivity index (χ1) is 10.0. The van der Waals surface area contributed by atoms with Gasteiger partial charge in [-0.15, -0.1) is 0 Å². The van der Waals surface area contributed by atoms with Crippen molar-refractivity contribution in [2.24, 2.45) is 0 Å². The molecule has 108 valence electrons. The number of halogens is 3. The van der Waals surface area contributed by atoms with Gasteiger partial charge in [-0.1, -0.05) is 6.07 Å². The lowest BCUT2D eigenvalue weighted by Crippen LogP contribution is -2.08. The third-order valence-electron chi connectivity index (χ3n) is 3.22. The molecule has 0 bridgehead atoms. The molecule has 0 aliphatic heterocycles. The van der Waals surface area contributed by atoms with Crippen LogP contribution < -0.4 is 5.32 Å². The number of benzene rings is 2. The third-order valence-corrected chi connectivity index (χ3v) is 3.99. The van der Waals surface area contributed by atoms with Gasteiger partial charge in [-0.2, -0.15) is 5.26 Å². The zero-order chi connectivity index (χ0) is 15.4. The average molecular weight is 351 g/mol. The van der Waals surface area contributed by atoms with E-state index in [1.807, 2.05) is 13.0 Å². The van der Waals surface area contributed by atoms with Crippen molar-refractivity contribution in [3.63, 3.8) is 0 Å². The summed E-state index contributed by atoms with van der Waals surface area (Å²) in [5, 5.41) is 11.8. The molecule has 5 heteroatoms. The second kappa shape index (κ2) is 6.68. The highest BCUT2D eigenvalue weighted by molar-refractivity contribution is 9.10. The molecule has 2 aromatic carbocycles. The zero-order valence-electron chi connectivity index (χ0n) is 11.4. The maximum absolute atomic E-state index is 14.0. The Kier molecular flexibility index (Phi) is 4.92. The number of nitriles is 1. The molecule has 0 unspecified atom stereocenters. The Bertz CT molecular complexity index is 708. The number of hydrogen-bond donors (Lipinski definition) is 1. The van der Waals surface area contributed by atoms with Crippen LogP contribution in [0.5, 0.6) is 0 Å². The molecule has 0 aliphatic carbocycles. The molecule has 0 heterocycles.